The summed E-state index contributed by atoms with van der Waals surface area (Å²) < 4.78 is 15.5. The van der Waals surface area contributed by atoms with Gasteiger partial charge in [0, 0.05) is 36.5 Å². The van der Waals surface area contributed by atoms with E-state index in [-0.39, 0.29) is 17.6 Å². The SMILES string of the molecule is CC(Cc1cccc(F)c1)C(=O)Nc1cccc(Cn2ccnc2C(C)C)c1. The largest absolute Gasteiger partial charge is 0.330 e. The summed E-state index contributed by atoms with van der Waals surface area (Å²) in [6.07, 6.45) is 4.28. The van der Waals surface area contributed by atoms with E-state index in [9.17, 15) is 9.18 Å². The lowest BCUT2D eigenvalue weighted by molar-refractivity contribution is -0.119. The summed E-state index contributed by atoms with van der Waals surface area (Å²) in [6.45, 7) is 6.80. The Kier molecular flexibility index (Phi) is 6.24. The lowest BCUT2D eigenvalue weighted by atomic mass is 10.00. The van der Waals surface area contributed by atoms with Gasteiger partial charge in [-0.3, -0.25) is 4.79 Å². The van der Waals surface area contributed by atoms with Crippen LogP contribution >= 0.6 is 0 Å². The molecule has 0 aliphatic rings. The first-order valence-electron chi connectivity index (χ1n) is 9.57. The second-order valence-electron chi connectivity index (χ2n) is 7.49. The number of nitrogens with one attached hydrogen (secondary N) is 1. The normalized spacial score (nSPS) is 12.2. The van der Waals surface area contributed by atoms with E-state index in [2.05, 4.69) is 28.7 Å². The standard InChI is InChI=1S/C23H26FN3O/c1-16(2)22-25-10-11-27(22)15-19-7-5-9-21(14-19)26-23(28)17(3)12-18-6-4-8-20(24)13-18/h4-11,13-14,16-17H,12,15H2,1-3H3,(H,26,28). The first kappa shape index (κ1) is 19.8. The summed E-state index contributed by atoms with van der Waals surface area (Å²) in [5.41, 5.74) is 2.67. The molecule has 0 saturated carbocycles. The summed E-state index contributed by atoms with van der Waals surface area (Å²) in [5, 5.41) is 2.98. The van der Waals surface area contributed by atoms with Gasteiger partial charge in [0.2, 0.25) is 5.91 Å². The van der Waals surface area contributed by atoms with E-state index in [1.54, 1.807) is 6.07 Å². The van der Waals surface area contributed by atoms with Crippen molar-refractivity contribution >= 4 is 11.6 Å². The minimum atomic E-state index is -0.280. The predicted molar refractivity (Wildman–Crippen MR) is 110 cm³/mol. The second-order valence-corrected chi connectivity index (χ2v) is 7.49. The zero-order valence-electron chi connectivity index (χ0n) is 16.5. The molecule has 5 heteroatoms. The highest BCUT2D eigenvalue weighted by atomic mass is 19.1. The summed E-state index contributed by atoms with van der Waals surface area (Å²) in [4.78, 5) is 17.0. The fourth-order valence-electron chi connectivity index (χ4n) is 3.27. The van der Waals surface area contributed by atoms with Crippen LogP contribution in [0, 0.1) is 11.7 Å². The molecular weight excluding hydrogens is 353 g/mol. The molecule has 1 unspecified atom stereocenters. The number of hydrogen-bond donors (Lipinski definition) is 1. The van der Waals surface area contributed by atoms with Crippen LogP contribution in [0.3, 0.4) is 0 Å². The lowest BCUT2D eigenvalue weighted by Crippen LogP contribution is -2.22. The van der Waals surface area contributed by atoms with Gasteiger partial charge < -0.3 is 9.88 Å². The molecule has 4 nitrogen and oxygen atoms in total. The summed E-state index contributed by atoms with van der Waals surface area (Å²) in [5.74, 6) is 0.774. The van der Waals surface area contributed by atoms with Gasteiger partial charge in [-0.2, -0.15) is 0 Å². The number of hydrogen-bond acceptors (Lipinski definition) is 2. The first-order chi connectivity index (χ1) is 13.4. The molecule has 28 heavy (non-hydrogen) atoms. The number of benzene rings is 2. The molecule has 1 amide bonds. The Morgan fingerprint density at radius 1 is 1.11 bits per heavy atom. The molecule has 1 atom stereocenters. The molecule has 0 radical (unpaired) electrons. The average molecular weight is 379 g/mol. The zero-order chi connectivity index (χ0) is 20.1. The van der Waals surface area contributed by atoms with Gasteiger partial charge in [-0.25, -0.2) is 9.37 Å². The number of amides is 1. The molecule has 3 aromatic rings. The van der Waals surface area contributed by atoms with Gasteiger partial charge in [0.25, 0.3) is 0 Å². The smallest absolute Gasteiger partial charge is 0.227 e. The van der Waals surface area contributed by atoms with Crippen molar-refractivity contribution < 1.29 is 9.18 Å². The molecule has 1 heterocycles. The predicted octanol–water partition coefficient (Wildman–Crippen LogP) is 5.01. The minimum Gasteiger partial charge on any atom is -0.330 e. The van der Waals surface area contributed by atoms with Crippen molar-refractivity contribution in [1.82, 2.24) is 9.55 Å². The van der Waals surface area contributed by atoms with E-state index < -0.39 is 0 Å². The third-order valence-electron chi connectivity index (χ3n) is 4.69. The van der Waals surface area contributed by atoms with E-state index in [1.165, 1.54) is 12.1 Å². The van der Waals surface area contributed by atoms with Crippen molar-refractivity contribution in [2.75, 3.05) is 5.32 Å². The van der Waals surface area contributed by atoms with E-state index >= 15 is 0 Å². The maximum Gasteiger partial charge on any atom is 0.227 e. The minimum absolute atomic E-state index is 0.0769. The number of nitrogens with zero attached hydrogens (tertiary/aromatic N) is 2. The van der Waals surface area contributed by atoms with Gasteiger partial charge in [0.05, 0.1) is 0 Å². The number of imidazole rings is 1. The van der Waals surface area contributed by atoms with Crippen LogP contribution in [0.1, 0.15) is 43.6 Å². The van der Waals surface area contributed by atoms with Crippen LogP contribution in [0.4, 0.5) is 10.1 Å². The van der Waals surface area contributed by atoms with Crippen LogP contribution in [0.15, 0.2) is 60.9 Å². The molecule has 0 spiro atoms. The molecule has 3 rings (SSSR count). The van der Waals surface area contributed by atoms with Gasteiger partial charge in [-0.1, -0.05) is 45.0 Å². The van der Waals surface area contributed by atoms with E-state index in [4.69, 9.17) is 0 Å². The van der Waals surface area contributed by atoms with Crippen molar-refractivity contribution in [3.63, 3.8) is 0 Å². The molecule has 0 bridgehead atoms. The Labute approximate surface area is 165 Å². The third kappa shape index (κ3) is 5.06. The average Bonchev–Trinajstić information content (AvgIpc) is 3.10. The van der Waals surface area contributed by atoms with Crippen molar-refractivity contribution in [2.24, 2.45) is 5.92 Å². The van der Waals surface area contributed by atoms with E-state index in [0.717, 1.165) is 22.6 Å². The molecule has 1 N–H and O–H groups in total. The van der Waals surface area contributed by atoms with Crippen LogP contribution in [0.25, 0.3) is 0 Å². The van der Waals surface area contributed by atoms with Crippen molar-refractivity contribution in [3.05, 3.63) is 83.7 Å². The Hall–Kier alpha value is -2.95. The van der Waals surface area contributed by atoms with Crippen molar-refractivity contribution in [1.29, 1.82) is 0 Å². The molecule has 2 aromatic carbocycles. The Balaban J connectivity index is 1.65. The first-order valence-corrected chi connectivity index (χ1v) is 9.57. The summed E-state index contributed by atoms with van der Waals surface area (Å²) in [7, 11) is 0. The number of carbonyl (C=O) groups excluding carboxylic acids is 1. The molecule has 0 aliphatic heterocycles. The van der Waals surface area contributed by atoms with Gasteiger partial charge in [-0.15, -0.1) is 0 Å². The van der Waals surface area contributed by atoms with Gasteiger partial charge in [0.1, 0.15) is 11.6 Å². The number of halogens is 1. The van der Waals surface area contributed by atoms with Crippen LogP contribution in [-0.2, 0) is 17.8 Å². The zero-order valence-corrected chi connectivity index (χ0v) is 16.5. The Morgan fingerprint density at radius 2 is 1.86 bits per heavy atom. The maximum atomic E-state index is 13.3. The van der Waals surface area contributed by atoms with Gasteiger partial charge in [-0.05, 0) is 41.8 Å². The van der Waals surface area contributed by atoms with Crippen molar-refractivity contribution in [3.8, 4) is 0 Å². The Morgan fingerprint density at radius 3 is 2.61 bits per heavy atom. The fraction of sp³-hybridized carbons (Fsp3) is 0.304. The van der Waals surface area contributed by atoms with E-state index in [0.29, 0.717) is 18.9 Å². The van der Waals surface area contributed by atoms with Crippen molar-refractivity contribution in [2.45, 2.75) is 39.7 Å². The summed E-state index contributed by atoms with van der Waals surface area (Å²) in [6, 6.07) is 14.2. The Bertz CT molecular complexity index is 948. The molecule has 1 aromatic heterocycles. The molecule has 0 saturated heterocycles. The number of rotatable bonds is 7. The fourth-order valence-corrected chi connectivity index (χ4v) is 3.27. The highest BCUT2D eigenvalue weighted by Gasteiger charge is 2.15. The van der Waals surface area contributed by atoms with Crippen LogP contribution in [0.5, 0.6) is 0 Å². The van der Waals surface area contributed by atoms with Crippen LogP contribution in [0.2, 0.25) is 0 Å². The molecule has 146 valence electrons. The maximum absolute atomic E-state index is 13.3. The van der Waals surface area contributed by atoms with E-state index in [1.807, 2.05) is 49.6 Å². The number of carbonyl (C=O) groups is 1. The van der Waals surface area contributed by atoms with Crippen LogP contribution < -0.4 is 5.32 Å². The number of aromatic nitrogens is 2. The third-order valence-corrected chi connectivity index (χ3v) is 4.69. The van der Waals surface area contributed by atoms with Gasteiger partial charge in [0.15, 0.2) is 0 Å². The number of anilines is 1. The van der Waals surface area contributed by atoms with Crippen LogP contribution in [-0.4, -0.2) is 15.5 Å². The molecule has 0 aliphatic carbocycles. The summed E-state index contributed by atoms with van der Waals surface area (Å²) >= 11 is 0. The molecule has 0 fully saturated rings. The quantitative estimate of drug-likeness (QED) is 0.627. The topological polar surface area (TPSA) is 46.9 Å². The highest BCUT2D eigenvalue weighted by Crippen LogP contribution is 2.18. The lowest BCUT2D eigenvalue weighted by Gasteiger charge is -2.14. The second kappa shape index (κ2) is 8.83. The van der Waals surface area contributed by atoms with Gasteiger partial charge >= 0.3 is 0 Å². The monoisotopic (exact) mass is 379 g/mol. The molecular formula is C23H26FN3O. The highest BCUT2D eigenvalue weighted by molar-refractivity contribution is 5.92.